The number of rotatable bonds is 8. The molecule has 9 heteroatoms. The van der Waals surface area contributed by atoms with E-state index in [1.807, 2.05) is 35.7 Å². The van der Waals surface area contributed by atoms with Crippen LogP contribution in [-0.2, 0) is 4.79 Å². The number of anilines is 2. The van der Waals surface area contributed by atoms with Crippen molar-refractivity contribution in [3.63, 3.8) is 0 Å². The zero-order chi connectivity index (χ0) is 24.1. The highest BCUT2D eigenvalue weighted by molar-refractivity contribution is 7.07. The van der Waals surface area contributed by atoms with Crippen molar-refractivity contribution in [1.82, 2.24) is 4.68 Å². The number of carbonyl (C=O) groups is 1. The lowest BCUT2D eigenvalue weighted by Crippen LogP contribution is -2.25. The monoisotopic (exact) mass is 477 g/mol. The van der Waals surface area contributed by atoms with Crippen molar-refractivity contribution < 1.29 is 14.6 Å². The first kappa shape index (κ1) is 23.3. The van der Waals surface area contributed by atoms with E-state index in [4.69, 9.17) is 4.74 Å². The van der Waals surface area contributed by atoms with Gasteiger partial charge < -0.3 is 20.1 Å². The second-order valence-electron chi connectivity index (χ2n) is 7.55. The smallest absolute Gasteiger partial charge is 0.262 e. The molecule has 0 aliphatic carbocycles. The quantitative estimate of drug-likeness (QED) is 0.378. The molecule has 0 radical (unpaired) electrons. The number of aromatic nitrogens is 1. The zero-order valence-corrected chi connectivity index (χ0v) is 20.0. The Morgan fingerprint density at radius 2 is 2.09 bits per heavy atom. The number of phenols is 1. The van der Waals surface area contributed by atoms with Crippen molar-refractivity contribution in [2.24, 2.45) is 10.1 Å². The summed E-state index contributed by atoms with van der Waals surface area (Å²) in [5.74, 6) is 0.596. The summed E-state index contributed by atoms with van der Waals surface area (Å²) in [6, 6.07) is 11.2. The number of thiazole rings is 1. The minimum absolute atomic E-state index is 0.0101. The molecule has 0 bridgehead atoms. The molecule has 4 rings (SSSR count). The molecule has 3 aromatic rings. The third-order valence-electron chi connectivity index (χ3n) is 5.40. The summed E-state index contributed by atoms with van der Waals surface area (Å²) in [5, 5.41) is 20.0. The number of hydrogen-bond donors (Lipinski definition) is 2. The molecule has 1 amide bonds. The molecule has 2 N–H and O–H groups in total. The van der Waals surface area contributed by atoms with Gasteiger partial charge in [-0.05, 0) is 44.2 Å². The maximum absolute atomic E-state index is 11.7. The van der Waals surface area contributed by atoms with Crippen molar-refractivity contribution in [1.29, 1.82) is 0 Å². The van der Waals surface area contributed by atoms with Crippen LogP contribution in [0.15, 0.2) is 64.5 Å². The lowest BCUT2D eigenvalue weighted by Gasteiger charge is -2.21. The number of carbonyl (C=O) groups excluding carboxylic acids is 1. The van der Waals surface area contributed by atoms with Crippen LogP contribution >= 0.6 is 11.3 Å². The standard InChI is InChI=1S/C25H27N5O3S/c1-4-11-26-25-30(27-14-18-7-9-19(13-22(18)31)29(5-2)6-3)21(16-34-25)17-8-10-23-20(12-17)28-24(32)15-33-23/h4,7-10,12-14,16,31H,1,5-6,11,15H2,2-3H3,(H,28,32). The van der Waals surface area contributed by atoms with Gasteiger partial charge >= 0.3 is 0 Å². The number of benzene rings is 2. The largest absolute Gasteiger partial charge is 0.507 e. The fraction of sp³-hybridized carbons (Fsp3) is 0.240. The molecule has 1 aromatic heterocycles. The minimum atomic E-state index is -0.189. The number of hydrogen-bond acceptors (Lipinski definition) is 7. The number of phenolic OH excluding ortho intramolecular Hbond substituents is 1. The lowest BCUT2D eigenvalue weighted by atomic mass is 10.1. The highest BCUT2D eigenvalue weighted by Gasteiger charge is 2.18. The molecular formula is C25H27N5O3S. The lowest BCUT2D eigenvalue weighted by molar-refractivity contribution is -0.118. The van der Waals surface area contributed by atoms with E-state index in [-0.39, 0.29) is 18.3 Å². The number of fused-ring (bicyclic) bond motifs is 1. The predicted molar refractivity (Wildman–Crippen MR) is 137 cm³/mol. The molecule has 0 unspecified atom stereocenters. The number of aromatic hydroxyl groups is 1. The normalized spacial score (nSPS) is 13.5. The average molecular weight is 478 g/mol. The van der Waals surface area contributed by atoms with Crippen molar-refractivity contribution >= 4 is 34.8 Å². The molecule has 0 atom stereocenters. The first-order valence-electron chi connectivity index (χ1n) is 11.0. The van der Waals surface area contributed by atoms with E-state index in [0.29, 0.717) is 28.3 Å². The second kappa shape index (κ2) is 10.4. The van der Waals surface area contributed by atoms with E-state index in [2.05, 4.69) is 40.7 Å². The molecule has 176 valence electrons. The van der Waals surface area contributed by atoms with Crippen LogP contribution in [0.1, 0.15) is 19.4 Å². The van der Waals surface area contributed by atoms with E-state index >= 15 is 0 Å². The maximum atomic E-state index is 11.7. The van der Waals surface area contributed by atoms with Gasteiger partial charge in [0.15, 0.2) is 6.61 Å². The Morgan fingerprint density at radius 1 is 1.26 bits per heavy atom. The van der Waals surface area contributed by atoms with Gasteiger partial charge in [0.25, 0.3) is 5.91 Å². The van der Waals surface area contributed by atoms with Gasteiger partial charge in [0.1, 0.15) is 11.5 Å². The molecule has 2 aromatic carbocycles. The van der Waals surface area contributed by atoms with Crippen LogP contribution < -0.4 is 19.8 Å². The summed E-state index contributed by atoms with van der Waals surface area (Å²) in [6.07, 6.45) is 3.34. The summed E-state index contributed by atoms with van der Waals surface area (Å²) < 4.78 is 7.19. The molecule has 0 saturated heterocycles. The Balaban J connectivity index is 1.73. The summed E-state index contributed by atoms with van der Waals surface area (Å²) in [7, 11) is 0. The first-order valence-corrected chi connectivity index (χ1v) is 11.9. The van der Waals surface area contributed by atoms with E-state index in [1.54, 1.807) is 23.0 Å². The molecule has 0 spiro atoms. The van der Waals surface area contributed by atoms with Crippen molar-refractivity contribution in [3.8, 4) is 22.8 Å². The molecule has 0 saturated carbocycles. The van der Waals surface area contributed by atoms with Crippen molar-refractivity contribution in [3.05, 3.63) is 64.8 Å². The molecule has 0 fully saturated rings. The fourth-order valence-corrected chi connectivity index (χ4v) is 4.50. The second-order valence-corrected chi connectivity index (χ2v) is 8.39. The molecule has 34 heavy (non-hydrogen) atoms. The van der Waals surface area contributed by atoms with Gasteiger partial charge in [-0.15, -0.1) is 17.9 Å². The maximum Gasteiger partial charge on any atom is 0.262 e. The Hall–Kier alpha value is -3.85. The summed E-state index contributed by atoms with van der Waals surface area (Å²) >= 11 is 1.45. The third kappa shape index (κ3) is 4.89. The van der Waals surface area contributed by atoms with Gasteiger partial charge in [-0.3, -0.25) is 9.79 Å². The van der Waals surface area contributed by atoms with Gasteiger partial charge in [-0.25, -0.2) is 4.68 Å². The Kier molecular flexibility index (Phi) is 7.12. The highest BCUT2D eigenvalue weighted by Crippen LogP contribution is 2.33. The third-order valence-corrected chi connectivity index (χ3v) is 6.26. The van der Waals surface area contributed by atoms with Crippen LogP contribution in [0.3, 0.4) is 0 Å². The van der Waals surface area contributed by atoms with Crippen LogP contribution in [0.2, 0.25) is 0 Å². The Labute approximate surface area is 202 Å². The van der Waals surface area contributed by atoms with Crippen LogP contribution in [-0.4, -0.2) is 48.1 Å². The number of amides is 1. The highest BCUT2D eigenvalue weighted by atomic mass is 32.1. The molecule has 1 aliphatic rings. The van der Waals surface area contributed by atoms with Gasteiger partial charge in [-0.2, -0.15) is 5.10 Å². The van der Waals surface area contributed by atoms with E-state index in [0.717, 1.165) is 30.0 Å². The van der Waals surface area contributed by atoms with Crippen LogP contribution in [0.25, 0.3) is 11.3 Å². The molecule has 2 heterocycles. The minimum Gasteiger partial charge on any atom is -0.507 e. The van der Waals surface area contributed by atoms with Crippen LogP contribution in [0, 0.1) is 0 Å². The molecule has 1 aliphatic heterocycles. The number of ether oxygens (including phenoxy) is 1. The number of nitrogens with one attached hydrogen (secondary N) is 1. The van der Waals surface area contributed by atoms with Crippen LogP contribution in [0.5, 0.6) is 11.5 Å². The van der Waals surface area contributed by atoms with Gasteiger partial charge in [0, 0.05) is 41.4 Å². The van der Waals surface area contributed by atoms with Gasteiger partial charge in [-0.1, -0.05) is 6.08 Å². The summed E-state index contributed by atoms with van der Waals surface area (Å²) in [5.41, 5.74) is 3.82. The SMILES string of the molecule is C=CCN=c1scc(-c2ccc3c(c2)NC(=O)CO3)n1N=Cc1ccc(N(CC)CC)cc1O. The van der Waals surface area contributed by atoms with Gasteiger partial charge in [0.05, 0.1) is 24.1 Å². The molecule has 8 nitrogen and oxygen atoms in total. The molecular weight excluding hydrogens is 450 g/mol. The Bertz CT molecular complexity index is 1300. The average Bonchev–Trinajstić information content (AvgIpc) is 3.25. The number of nitrogens with zero attached hydrogens (tertiary/aromatic N) is 4. The zero-order valence-electron chi connectivity index (χ0n) is 19.2. The first-order chi connectivity index (χ1) is 16.5. The van der Waals surface area contributed by atoms with Gasteiger partial charge in [0.2, 0.25) is 4.80 Å². The van der Waals surface area contributed by atoms with E-state index in [9.17, 15) is 9.90 Å². The van der Waals surface area contributed by atoms with Crippen LogP contribution in [0.4, 0.5) is 11.4 Å². The fourth-order valence-electron chi connectivity index (χ4n) is 3.65. The Morgan fingerprint density at radius 3 is 2.82 bits per heavy atom. The predicted octanol–water partition coefficient (Wildman–Crippen LogP) is 4.07. The van der Waals surface area contributed by atoms with Crippen molar-refractivity contribution in [2.45, 2.75) is 13.8 Å². The summed E-state index contributed by atoms with van der Waals surface area (Å²) in [6.45, 7) is 10.1. The van der Waals surface area contributed by atoms with Crippen molar-refractivity contribution in [2.75, 3.05) is 36.5 Å². The topological polar surface area (TPSA) is 91.4 Å². The van der Waals surface area contributed by atoms with E-state index < -0.39 is 0 Å². The summed E-state index contributed by atoms with van der Waals surface area (Å²) in [4.78, 5) is 19.1. The van der Waals surface area contributed by atoms with E-state index in [1.165, 1.54) is 11.3 Å².